The highest BCUT2D eigenvalue weighted by Gasteiger charge is 2.34. The van der Waals surface area contributed by atoms with Crippen molar-refractivity contribution in [2.75, 3.05) is 13.1 Å². The molecule has 0 spiro atoms. The summed E-state index contributed by atoms with van der Waals surface area (Å²) < 4.78 is 1.92. The lowest BCUT2D eigenvalue weighted by atomic mass is 9.94. The average molecular weight is 459 g/mol. The van der Waals surface area contributed by atoms with Crippen LogP contribution < -0.4 is 5.32 Å². The van der Waals surface area contributed by atoms with Crippen molar-refractivity contribution in [3.63, 3.8) is 0 Å². The first-order valence-electron chi connectivity index (χ1n) is 11.1. The lowest BCUT2D eigenvalue weighted by molar-refractivity contribution is 0.0456. The van der Waals surface area contributed by atoms with Crippen molar-refractivity contribution in [1.82, 2.24) is 19.6 Å². The number of thiazole rings is 1. The topological polar surface area (TPSA) is 66.7 Å². The number of hydrogen-bond donors (Lipinski definition) is 1. The van der Waals surface area contributed by atoms with Gasteiger partial charge in [-0.1, -0.05) is 47.7 Å². The lowest BCUT2D eigenvalue weighted by Crippen LogP contribution is -2.56. The Morgan fingerprint density at radius 1 is 1.12 bits per heavy atom. The Balaban J connectivity index is 1.30. The molecule has 0 saturated carbocycles. The number of benzene rings is 2. The van der Waals surface area contributed by atoms with E-state index in [-0.39, 0.29) is 17.9 Å². The van der Waals surface area contributed by atoms with Gasteiger partial charge in [0.05, 0.1) is 6.04 Å². The molecule has 0 aliphatic carbocycles. The van der Waals surface area contributed by atoms with Gasteiger partial charge in [-0.3, -0.25) is 14.0 Å². The number of fused-ring (bicyclic) bond motifs is 1. The van der Waals surface area contributed by atoms with E-state index in [4.69, 9.17) is 0 Å². The number of rotatable bonds is 5. The maximum absolute atomic E-state index is 13.4. The predicted molar refractivity (Wildman–Crippen MR) is 131 cm³/mol. The van der Waals surface area contributed by atoms with E-state index in [2.05, 4.69) is 42.3 Å². The molecule has 2 aromatic heterocycles. The molecule has 3 heterocycles. The monoisotopic (exact) mass is 458 g/mol. The summed E-state index contributed by atoms with van der Waals surface area (Å²) in [5.74, 6) is -0.0991. The summed E-state index contributed by atoms with van der Waals surface area (Å²) in [6, 6.07) is 14.1. The molecule has 0 unspecified atom stereocenters. The van der Waals surface area contributed by atoms with Crippen LogP contribution >= 0.6 is 11.3 Å². The molecule has 7 heteroatoms. The number of carbonyl (C=O) groups is 2. The molecule has 0 radical (unpaired) electrons. The zero-order valence-electron chi connectivity index (χ0n) is 19.0. The van der Waals surface area contributed by atoms with Gasteiger partial charge in [0.1, 0.15) is 4.88 Å². The standard InChI is InChI=1S/C26H26N4O2S/c1-16-8-9-19(14-17(16)2)21-6-4-5-7-22(21)25(32)30-12-10-20(30)15-28-24(31)23-18(3)29-13-11-27-26(29)33-23/h4-9,11,13-14,20H,10,12,15H2,1-3H3,(H,28,31)/t20-/m1/s1. The number of nitrogens with zero attached hydrogens (tertiary/aromatic N) is 3. The van der Waals surface area contributed by atoms with E-state index in [9.17, 15) is 9.59 Å². The van der Waals surface area contributed by atoms with Crippen LogP contribution in [0.4, 0.5) is 0 Å². The minimum Gasteiger partial charge on any atom is -0.349 e. The third-order valence-corrected chi connectivity index (χ3v) is 7.74. The number of hydrogen-bond acceptors (Lipinski definition) is 4. The summed E-state index contributed by atoms with van der Waals surface area (Å²) in [6.45, 7) is 7.24. The van der Waals surface area contributed by atoms with Gasteiger partial charge in [-0.15, -0.1) is 0 Å². The van der Waals surface area contributed by atoms with Crippen molar-refractivity contribution < 1.29 is 9.59 Å². The molecule has 168 valence electrons. The van der Waals surface area contributed by atoms with Crippen molar-refractivity contribution in [1.29, 1.82) is 0 Å². The normalized spacial score (nSPS) is 15.5. The molecule has 4 aromatic rings. The molecule has 1 fully saturated rings. The number of likely N-dealkylation sites (tertiary alicyclic amines) is 1. The molecular formula is C26H26N4O2S. The highest BCUT2D eigenvalue weighted by Crippen LogP contribution is 2.29. The summed E-state index contributed by atoms with van der Waals surface area (Å²) in [6.07, 6.45) is 4.47. The van der Waals surface area contributed by atoms with Gasteiger partial charge in [-0.25, -0.2) is 4.98 Å². The van der Waals surface area contributed by atoms with Gasteiger partial charge in [-0.05, 0) is 55.5 Å². The second-order valence-electron chi connectivity index (χ2n) is 8.59. The predicted octanol–water partition coefficient (Wildman–Crippen LogP) is 4.63. The highest BCUT2D eigenvalue weighted by atomic mass is 32.1. The van der Waals surface area contributed by atoms with Gasteiger partial charge in [0.2, 0.25) is 0 Å². The van der Waals surface area contributed by atoms with Gasteiger partial charge in [0.15, 0.2) is 4.96 Å². The van der Waals surface area contributed by atoms with Crippen LogP contribution in [0, 0.1) is 20.8 Å². The maximum Gasteiger partial charge on any atom is 0.263 e. The molecule has 1 atom stereocenters. The third kappa shape index (κ3) is 3.82. The summed E-state index contributed by atoms with van der Waals surface area (Å²) in [4.78, 5) is 33.8. The van der Waals surface area contributed by atoms with Crippen LogP contribution in [0.15, 0.2) is 54.9 Å². The van der Waals surface area contributed by atoms with E-state index < -0.39 is 0 Å². The van der Waals surface area contributed by atoms with Gasteiger partial charge in [0.25, 0.3) is 11.8 Å². The second kappa shape index (κ2) is 8.48. The highest BCUT2D eigenvalue weighted by molar-refractivity contribution is 7.19. The van der Waals surface area contributed by atoms with E-state index in [1.807, 2.05) is 46.7 Å². The summed E-state index contributed by atoms with van der Waals surface area (Å²) in [7, 11) is 0. The molecule has 1 saturated heterocycles. The molecule has 2 amide bonds. The van der Waals surface area contributed by atoms with E-state index in [0.717, 1.165) is 28.2 Å². The fourth-order valence-electron chi connectivity index (χ4n) is 4.30. The van der Waals surface area contributed by atoms with E-state index in [1.54, 1.807) is 6.20 Å². The van der Waals surface area contributed by atoms with Crippen molar-refractivity contribution in [2.45, 2.75) is 33.2 Å². The minimum atomic E-state index is -0.113. The fourth-order valence-corrected chi connectivity index (χ4v) is 5.31. The smallest absolute Gasteiger partial charge is 0.263 e. The quantitative estimate of drug-likeness (QED) is 0.474. The zero-order valence-corrected chi connectivity index (χ0v) is 19.8. The molecule has 5 rings (SSSR count). The zero-order chi connectivity index (χ0) is 23.1. The van der Waals surface area contributed by atoms with Gasteiger partial charge < -0.3 is 10.2 Å². The van der Waals surface area contributed by atoms with Gasteiger partial charge in [0, 0.05) is 36.7 Å². The number of carbonyl (C=O) groups excluding carboxylic acids is 2. The van der Waals surface area contributed by atoms with Crippen molar-refractivity contribution in [3.05, 3.63) is 82.1 Å². The van der Waals surface area contributed by atoms with Crippen LogP contribution in [0.3, 0.4) is 0 Å². The van der Waals surface area contributed by atoms with Gasteiger partial charge in [-0.2, -0.15) is 0 Å². The molecule has 6 nitrogen and oxygen atoms in total. The van der Waals surface area contributed by atoms with Crippen LogP contribution in [0.5, 0.6) is 0 Å². The average Bonchev–Trinajstić information content (AvgIpc) is 3.38. The Bertz CT molecular complexity index is 1370. The largest absolute Gasteiger partial charge is 0.349 e. The van der Waals surface area contributed by atoms with Crippen molar-refractivity contribution in [2.24, 2.45) is 0 Å². The first-order valence-corrected chi connectivity index (χ1v) is 11.9. The third-order valence-electron chi connectivity index (χ3n) is 6.57. The lowest BCUT2D eigenvalue weighted by Gasteiger charge is -2.41. The Kier molecular flexibility index (Phi) is 5.50. The number of nitrogens with one attached hydrogen (secondary N) is 1. The van der Waals surface area contributed by atoms with Crippen LogP contribution in [0.2, 0.25) is 0 Å². The molecule has 2 aromatic carbocycles. The molecular weight excluding hydrogens is 432 g/mol. The Labute approximate surface area is 196 Å². The Morgan fingerprint density at radius 2 is 1.94 bits per heavy atom. The van der Waals surface area contributed by atoms with E-state index >= 15 is 0 Å². The Morgan fingerprint density at radius 3 is 2.67 bits per heavy atom. The van der Waals surface area contributed by atoms with Crippen LogP contribution in [-0.4, -0.2) is 45.2 Å². The first-order chi connectivity index (χ1) is 15.9. The molecule has 33 heavy (non-hydrogen) atoms. The van der Waals surface area contributed by atoms with Crippen LogP contribution in [0.25, 0.3) is 16.1 Å². The Hall–Kier alpha value is -3.45. The van der Waals surface area contributed by atoms with Crippen molar-refractivity contribution >= 4 is 28.1 Å². The molecule has 0 bridgehead atoms. The first kappa shape index (κ1) is 21.4. The van der Waals surface area contributed by atoms with E-state index in [1.165, 1.54) is 22.5 Å². The molecule has 1 aliphatic rings. The summed E-state index contributed by atoms with van der Waals surface area (Å²) in [5, 5.41) is 3.03. The van der Waals surface area contributed by atoms with Crippen molar-refractivity contribution in [3.8, 4) is 11.1 Å². The minimum absolute atomic E-state index is 0.00129. The molecule has 1 N–H and O–H groups in total. The second-order valence-corrected chi connectivity index (χ2v) is 9.57. The van der Waals surface area contributed by atoms with E-state index in [0.29, 0.717) is 23.5 Å². The number of aromatic nitrogens is 2. The van der Waals surface area contributed by atoms with Crippen LogP contribution in [0.1, 0.15) is 43.3 Å². The number of amides is 2. The SMILES string of the molecule is Cc1ccc(-c2ccccc2C(=O)N2CC[C@@H]2CNC(=O)c2sc3nccn3c2C)cc1C. The summed E-state index contributed by atoms with van der Waals surface area (Å²) >= 11 is 1.38. The van der Waals surface area contributed by atoms with Gasteiger partial charge >= 0.3 is 0 Å². The molecule has 1 aliphatic heterocycles. The maximum atomic E-state index is 13.4. The number of aryl methyl sites for hydroxylation is 3. The summed E-state index contributed by atoms with van der Waals surface area (Å²) in [5.41, 5.74) is 6.01. The fraction of sp³-hybridized carbons (Fsp3) is 0.269. The van der Waals surface area contributed by atoms with Crippen LogP contribution in [-0.2, 0) is 0 Å². The number of imidazole rings is 1.